The molecule has 1 amide bonds. The van der Waals surface area contributed by atoms with Gasteiger partial charge in [0.05, 0.1) is 32.6 Å². The van der Waals surface area contributed by atoms with E-state index in [1.807, 2.05) is 18.2 Å². The van der Waals surface area contributed by atoms with Crippen LogP contribution in [0.2, 0.25) is 0 Å². The second-order valence-electron chi connectivity index (χ2n) is 6.98. The minimum absolute atomic E-state index is 0.0278. The van der Waals surface area contributed by atoms with Crippen LogP contribution in [0.3, 0.4) is 0 Å². The molecular formula is C24H21NO6. The lowest BCUT2D eigenvalue weighted by atomic mass is 9.99. The van der Waals surface area contributed by atoms with Crippen LogP contribution in [0.4, 0.5) is 0 Å². The molecule has 1 aliphatic rings. The summed E-state index contributed by atoms with van der Waals surface area (Å²) < 4.78 is 16.1. The number of aliphatic hydroxyl groups excluding tert-OH is 1. The largest absolute Gasteiger partial charge is 0.507 e. The third kappa shape index (κ3) is 3.66. The van der Waals surface area contributed by atoms with Crippen molar-refractivity contribution in [1.82, 2.24) is 4.90 Å². The van der Waals surface area contributed by atoms with E-state index in [9.17, 15) is 14.7 Å². The summed E-state index contributed by atoms with van der Waals surface area (Å²) in [5.74, 6) is -0.186. The predicted molar refractivity (Wildman–Crippen MR) is 113 cm³/mol. The molecule has 0 aliphatic carbocycles. The molecule has 2 heterocycles. The second kappa shape index (κ2) is 8.39. The van der Waals surface area contributed by atoms with Crippen LogP contribution in [-0.2, 0) is 16.1 Å². The van der Waals surface area contributed by atoms with Crippen molar-refractivity contribution < 1.29 is 28.6 Å². The Morgan fingerprint density at radius 2 is 1.74 bits per heavy atom. The number of ether oxygens (including phenoxy) is 2. The molecule has 2 aromatic carbocycles. The van der Waals surface area contributed by atoms with Gasteiger partial charge in [-0.25, -0.2) is 0 Å². The van der Waals surface area contributed by atoms with Crippen molar-refractivity contribution in [2.75, 3.05) is 14.2 Å². The molecule has 0 saturated carbocycles. The first-order chi connectivity index (χ1) is 15.0. The maximum absolute atomic E-state index is 13.0. The molecule has 7 heteroatoms. The summed E-state index contributed by atoms with van der Waals surface area (Å²) in [6.07, 6.45) is 1.46. The minimum Gasteiger partial charge on any atom is -0.507 e. The molecule has 1 fully saturated rings. The van der Waals surface area contributed by atoms with Crippen molar-refractivity contribution in [3.8, 4) is 11.5 Å². The summed E-state index contributed by atoms with van der Waals surface area (Å²) in [5.41, 5.74) is 1.10. The van der Waals surface area contributed by atoms with Crippen LogP contribution in [0.25, 0.3) is 5.76 Å². The van der Waals surface area contributed by atoms with Gasteiger partial charge in [-0.3, -0.25) is 9.59 Å². The van der Waals surface area contributed by atoms with Crippen molar-refractivity contribution in [1.29, 1.82) is 0 Å². The van der Waals surface area contributed by atoms with E-state index in [-0.39, 0.29) is 17.9 Å². The Bertz CT molecular complexity index is 1130. The molecule has 1 aliphatic heterocycles. The van der Waals surface area contributed by atoms with Crippen LogP contribution in [0, 0.1) is 0 Å². The number of nitrogens with zero attached hydrogens (tertiary/aromatic N) is 1. The predicted octanol–water partition coefficient (Wildman–Crippen LogP) is 3.92. The van der Waals surface area contributed by atoms with Gasteiger partial charge in [0, 0.05) is 11.1 Å². The highest BCUT2D eigenvalue weighted by atomic mass is 16.5. The standard InChI is InChI=1S/C24H21NO6/c1-29-17-11-9-15(10-12-17)22(26)20-21(19-8-5-13-31-19)25(24(28)23(20)27)14-16-6-3-4-7-18(16)30-2/h3-13,21,26H,14H2,1-2H3/b22-20-. The van der Waals surface area contributed by atoms with Gasteiger partial charge in [0.15, 0.2) is 0 Å². The number of aliphatic hydroxyl groups is 1. The molecule has 7 nitrogen and oxygen atoms in total. The zero-order valence-corrected chi connectivity index (χ0v) is 17.1. The summed E-state index contributed by atoms with van der Waals surface area (Å²) in [6.45, 7) is 0.110. The maximum atomic E-state index is 13.0. The number of rotatable bonds is 6. The highest BCUT2D eigenvalue weighted by Gasteiger charge is 2.47. The van der Waals surface area contributed by atoms with Crippen molar-refractivity contribution in [2.45, 2.75) is 12.6 Å². The van der Waals surface area contributed by atoms with E-state index in [4.69, 9.17) is 13.9 Å². The Balaban J connectivity index is 1.81. The van der Waals surface area contributed by atoms with E-state index >= 15 is 0 Å². The molecule has 4 rings (SSSR count). The molecule has 1 aromatic heterocycles. The fourth-order valence-corrected chi connectivity index (χ4v) is 3.71. The number of benzene rings is 2. The molecule has 1 unspecified atom stereocenters. The smallest absolute Gasteiger partial charge is 0.296 e. The highest BCUT2D eigenvalue weighted by molar-refractivity contribution is 6.46. The Morgan fingerprint density at radius 3 is 2.39 bits per heavy atom. The third-order valence-electron chi connectivity index (χ3n) is 5.25. The zero-order valence-electron chi connectivity index (χ0n) is 17.1. The van der Waals surface area contributed by atoms with Gasteiger partial charge in [0.1, 0.15) is 29.1 Å². The molecule has 0 radical (unpaired) electrons. The number of furan rings is 1. The lowest BCUT2D eigenvalue weighted by Gasteiger charge is -2.24. The Hall–Kier alpha value is -4.00. The second-order valence-corrected chi connectivity index (χ2v) is 6.98. The third-order valence-corrected chi connectivity index (χ3v) is 5.25. The van der Waals surface area contributed by atoms with Crippen molar-refractivity contribution in [3.05, 3.63) is 89.4 Å². The van der Waals surface area contributed by atoms with Crippen LogP contribution in [0.5, 0.6) is 11.5 Å². The van der Waals surface area contributed by atoms with E-state index in [2.05, 4.69) is 0 Å². The first-order valence-electron chi connectivity index (χ1n) is 9.63. The zero-order chi connectivity index (χ0) is 22.0. The quantitative estimate of drug-likeness (QED) is 0.370. The monoisotopic (exact) mass is 419 g/mol. The highest BCUT2D eigenvalue weighted by Crippen LogP contribution is 2.41. The number of carbonyl (C=O) groups is 2. The first kappa shape index (κ1) is 20.3. The number of likely N-dealkylation sites (tertiary alicyclic amines) is 1. The molecule has 31 heavy (non-hydrogen) atoms. The van der Waals surface area contributed by atoms with Gasteiger partial charge in [0.2, 0.25) is 0 Å². The van der Waals surface area contributed by atoms with Gasteiger partial charge < -0.3 is 23.9 Å². The average Bonchev–Trinajstić information content (AvgIpc) is 3.42. The summed E-state index contributed by atoms with van der Waals surface area (Å²) >= 11 is 0. The number of ketones is 1. The fraction of sp³-hybridized carbons (Fsp3) is 0.167. The number of methoxy groups -OCH3 is 2. The van der Waals surface area contributed by atoms with Crippen molar-refractivity contribution >= 4 is 17.4 Å². The van der Waals surface area contributed by atoms with Gasteiger partial charge >= 0.3 is 0 Å². The average molecular weight is 419 g/mol. The van der Waals surface area contributed by atoms with E-state index in [1.165, 1.54) is 18.3 Å². The molecular weight excluding hydrogens is 398 g/mol. The molecule has 3 aromatic rings. The van der Waals surface area contributed by atoms with Gasteiger partial charge in [-0.05, 0) is 42.5 Å². The van der Waals surface area contributed by atoms with E-state index in [1.54, 1.807) is 49.6 Å². The Labute approximate surface area is 179 Å². The number of amides is 1. The van der Waals surface area contributed by atoms with Crippen molar-refractivity contribution in [3.63, 3.8) is 0 Å². The number of para-hydroxylation sites is 1. The fourth-order valence-electron chi connectivity index (χ4n) is 3.71. The van der Waals surface area contributed by atoms with E-state index in [0.717, 1.165) is 5.56 Å². The molecule has 1 N–H and O–H groups in total. The summed E-state index contributed by atoms with van der Waals surface area (Å²) in [4.78, 5) is 27.4. The SMILES string of the molecule is COc1ccc(/C(O)=C2/C(=O)C(=O)N(Cc3ccccc3OC)C2c2ccco2)cc1. The minimum atomic E-state index is -0.873. The Morgan fingerprint density at radius 1 is 1.00 bits per heavy atom. The number of carbonyl (C=O) groups excluding carboxylic acids is 2. The van der Waals surface area contributed by atoms with Gasteiger partial charge in [0.25, 0.3) is 11.7 Å². The van der Waals surface area contributed by atoms with Crippen LogP contribution >= 0.6 is 0 Å². The normalized spacial score (nSPS) is 17.7. The topological polar surface area (TPSA) is 89.2 Å². The van der Waals surface area contributed by atoms with E-state index in [0.29, 0.717) is 22.8 Å². The summed E-state index contributed by atoms with van der Waals surface area (Å²) in [5, 5.41) is 11.0. The molecule has 1 saturated heterocycles. The lowest BCUT2D eigenvalue weighted by molar-refractivity contribution is -0.140. The number of Topliss-reactive ketones (excluding diaryl/α,β-unsaturated/α-hetero) is 1. The summed E-state index contributed by atoms with van der Waals surface area (Å²) in [6, 6.07) is 16.3. The number of hydrogen-bond donors (Lipinski definition) is 1. The van der Waals surface area contributed by atoms with Gasteiger partial charge in [-0.15, -0.1) is 0 Å². The van der Waals surface area contributed by atoms with Gasteiger partial charge in [-0.1, -0.05) is 18.2 Å². The maximum Gasteiger partial charge on any atom is 0.296 e. The molecule has 158 valence electrons. The van der Waals surface area contributed by atoms with Crippen LogP contribution in [0.15, 0.2) is 76.9 Å². The molecule has 0 spiro atoms. The Kier molecular flexibility index (Phi) is 5.49. The number of hydrogen-bond acceptors (Lipinski definition) is 6. The van der Waals surface area contributed by atoms with Crippen molar-refractivity contribution in [2.24, 2.45) is 0 Å². The van der Waals surface area contributed by atoms with E-state index < -0.39 is 17.7 Å². The lowest BCUT2D eigenvalue weighted by Crippen LogP contribution is -2.29. The van der Waals surface area contributed by atoms with Crippen LogP contribution in [0.1, 0.15) is 22.9 Å². The first-order valence-corrected chi connectivity index (χ1v) is 9.63. The molecule has 1 atom stereocenters. The van der Waals surface area contributed by atoms with Crippen LogP contribution in [-0.4, -0.2) is 35.9 Å². The van der Waals surface area contributed by atoms with Crippen LogP contribution < -0.4 is 9.47 Å². The molecule has 0 bridgehead atoms. The summed E-state index contributed by atoms with van der Waals surface area (Å²) in [7, 11) is 3.08. The van der Waals surface area contributed by atoms with Gasteiger partial charge in [-0.2, -0.15) is 0 Å².